The third-order valence-corrected chi connectivity index (χ3v) is 4.16. The number of hydrogen-bond acceptors (Lipinski definition) is 3. The van der Waals surface area contributed by atoms with Crippen LogP contribution in [0.15, 0.2) is 18.2 Å². The first kappa shape index (κ1) is 14.5. The standard InChI is InChI=1S/C15H24ClN3/c1-18(2)15-13(16)5-4-6-14(15)17-11-12-7-9-19(3)10-8-12/h4-6,12,17H,7-11H2,1-3H3. The van der Waals surface area contributed by atoms with E-state index in [1.54, 1.807) is 0 Å². The quantitative estimate of drug-likeness (QED) is 0.915. The van der Waals surface area contributed by atoms with Crippen LogP contribution in [0.25, 0.3) is 0 Å². The molecule has 0 atom stereocenters. The zero-order valence-corrected chi connectivity index (χ0v) is 12.9. The van der Waals surface area contributed by atoms with Gasteiger partial charge >= 0.3 is 0 Å². The molecule has 3 nitrogen and oxygen atoms in total. The minimum atomic E-state index is 0.769. The van der Waals surface area contributed by atoms with Crippen LogP contribution in [0, 0.1) is 5.92 Å². The van der Waals surface area contributed by atoms with E-state index in [9.17, 15) is 0 Å². The molecule has 4 heteroatoms. The summed E-state index contributed by atoms with van der Waals surface area (Å²) in [5.41, 5.74) is 2.22. The number of nitrogens with zero attached hydrogens (tertiary/aromatic N) is 2. The molecule has 1 heterocycles. The Labute approximate surface area is 121 Å². The van der Waals surface area contributed by atoms with Gasteiger partial charge in [0, 0.05) is 20.6 Å². The predicted molar refractivity (Wildman–Crippen MR) is 84.5 cm³/mol. The maximum atomic E-state index is 6.28. The molecule has 0 unspecified atom stereocenters. The van der Waals surface area contributed by atoms with E-state index >= 15 is 0 Å². The Morgan fingerprint density at radius 2 is 2.00 bits per heavy atom. The van der Waals surface area contributed by atoms with Gasteiger partial charge in [-0.1, -0.05) is 17.7 Å². The van der Waals surface area contributed by atoms with E-state index in [-0.39, 0.29) is 0 Å². The molecule has 106 valence electrons. The van der Waals surface area contributed by atoms with E-state index in [2.05, 4.69) is 28.2 Å². The second-order valence-electron chi connectivity index (χ2n) is 5.66. The zero-order valence-electron chi connectivity index (χ0n) is 12.1. The minimum Gasteiger partial charge on any atom is -0.383 e. The monoisotopic (exact) mass is 281 g/mol. The highest BCUT2D eigenvalue weighted by atomic mass is 35.5. The van der Waals surface area contributed by atoms with Gasteiger partial charge in [-0.05, 0) is 51.0 Å². The Balaban J connectivity index is 1.98. The first-order valence-electron chi connectivity index (χ1n) is 6.96. The summed E-state index contributed by atoms with van der Waals surface area (Å²) >= 11 is 6.28. The van der Waals surface area contributed by atoms with Gasteiger partial charge in [0.1, 0.15) is 0 Å². The van der Waals surface area contributed by atoms with Crippen molar-refractivity contribution >= 4 is 23.0 Å². The summed E-state index contributed by atoms with van der Waals surface area (Å²) < 4.78 is 0. The van der Waals surface area contributed by atoms with Crippen LogP contribution in [0.1, 0.15) is 12.8 Å². The van der Waals surface area contributed by atoms with Gasteiger partial charge in [0.05, 0.1) is 16.4 Å². The number of nitrogens with one attached hydrogen (secondary N) is 1. The fourth-order valence-corrected chi connectivity index (χ4v) is 2.98. The Morgan fingerprint density at radius 1 is 1.32 bits per heavy atom. The fraction of sp³-hybridized carbons (Fsp3) is 0.600. The van der Waals surface area contributed by atoms with Crippen molar-refractivity contribution in [1.82, 2.24) is 4.90 Å². The van der Waals surface area contributed by atoms with Gasteiger partial charge in [0.2, 0.25) is 0 Å². The first-order valence-corrected chi connectivity index (χ1v) is 7.34. The van der Waals surface area contributed by atoms with E-state index in [4.69, 9.17) is 11.6 Å². The van der Waals surface area contributed by atoms with E-state index in [1.807, 2.05) is 26.2 Å². The molecule has 1 fully saturated rings. The number of hydrogen-bond donors (Lipinski definition) is 1. The molecule has 0 spiro atoms. The number of para-hydroxylation sites is 1. The van der Waals surface area contributed by atoms with Crippen molar-refractivity contribution < 1.29 is 0 Å². The molecule has 0 bridgehead atoms. The van der Waals surface area contributed by atoms with E-state index in [0.29, 0.717) is 0 Å². The lowest BCUT2D eigenvalue weighted by molar-refractivity contribution is 0.226. The van der Waals surface area contributed by atoms with Crippen molar-refractivity contribution in [2.45, 2.75) is 12.8 Å². The smallest absolute Gasteiger partial charge is 0.0786 e. The highest BCUT2D eigenvalue weighted by Crippen LogP contribution is 2.32. The molecule has 1 saturated heterocycles. The number of halogens is 1. The predicted octanol–water partition coefficient (Wildman–Crippen LogP) is 3.16. The Morgan fingerprint density at radius 3 is 2.63 bits per heavy atom. The third-order valence-electron chi connectivity index (χ3n) is 3.85. The topological polar surface area (TPSA) is 18.5 Å². The van der Waals surface area contributed by atoms with Crippen molar-refractivity contribution in [1.29, 1.82) is 0 Å². The van der Waals surface area contributed by atoms with Gasteiger partial charge in [-0.3, -0.25) is 0 Å². The van der Waals surface area contributed by atoms with Crippen LogP contribution in [0.2, 0.25) is 5.02 Å². The summed E-state index contributed by atoms with van der Waals surface area (Å²) in [6.45, 7) is 3.46. The van der Waals surface area contributed by atoms with Crippen LogP contribution < -0.4 is 10.2 Å². The van der Waals surface area contributed by atoms with Crippen LogP contribution in [0.4, 0.5) is 11.4 Å². The lowest BCUT2D eigenvalue weighted by Crippen LogP contribution is -2.33. The molecule has 1 aliphatic heterocycles. The lowest BCUT2D eigenvalue weighted by atomic mass is 9.97. The van der Waals surface area contributed by atoms with Gasteiger partial charge in [-0.15, -0.1) is 0 Å². The molecule has 1 aromatic carbocycles. The highest BCUT2D eigenvalue weighted by molar-refractivity contribution is 6.34. The maximum Gasteiger partial charge on any atom is 0.0786 e. The summed E-state index contributed by atoms with van der Waals surface area (Å²) in [6, 6.07) is 6.06. The zero-order chi connectivity index (χ0) is 13.8. The van der Waals surface area contributed by atoms with Gasteiger partial charge in [0.25, 0.3) is 0 Å². The Kier molecular flexibility index (Phi) is 4.94. The summed E-state index contributed by atoms with van der Waals surface area (Å²) in [6.07, 6.45) is 2.56. The lowest BCUT2D eigenvalue weighted by Gasteiger charge is -2.30. The molecule has 0 aliphatic carbocycles. The molecule has 2 rings (SSSR count). The number of anilines is 2. The number of likely N-dealkylation sites (tertiary alicyclic amines) is 1. The van der Waals surface area contributed by atoms with Crippen molar-refractivity contribution in [3.8, 4) is 0 Å². The van der Waals surface area contributed by atoms with Crippen molar-refractivity contribution in [3.05, 3.63) is 23.2 Å². The summed E-state index contributed by atoms with van der Waals surface area (Å²) in [7, 11) is 6.26. The molecule has 0 aromatic heterocycles. The molecule has 0 amide bonds. The van der Waals surface area contributed by atoms with E-state index < -0.39 is 0 Å². The van der Waals surface area contributed by atoms with Crippen molar-refractivity contribution in [2.75, 3.05) is 51.0 Å². The van der Waals surface area contributed by atoms with Gasteiger partial charge in [-0.2, -0.15) is 0 Å². The molecule has 19 heavy (non-hydrogen) atoms. The molecule has 1 aliphatic rings. The van der Waals surface area contributed by atoms with Gasteiger partial charge in [-0.25, -0.2) is 0 Å². The first-order chi connectivity index (χ1) is 9.08. The van der Waals surface area contributed by atoms with Crippen LogP contribution >= 0.6 is 11.6 Å². The number of benzene rings is 1. The van der Waals surface area contributed by atoms with Crippen LogP contribution in [0.3, 0.4) is 0 Å². The summed E-state index contributed by atoms with van der Waals surface area (Å²) in [5.74, 6) is 0.769. The second-order valence-corrected chi connectivity index (χ2v) is 6.07. The van der Waals surface area contributed by atoms with E-state index in [0.717, 1.165) is 28.9 Å². The van der Waals surface area contributed by atoms with Crippen LogP contribution in [-0.2, 0) is 0 Å². The Hall–Kier alpha value is -0.930. The van der Waals surface area contributed by atoms with Crippen molar-refractivity contribution in [2.24, 2.45) is 5.92 Å². The summed E-state index contributed by atoms with van der Waals surface area (Å²) in [5, 5.41) is 4.38. The fourth-order valence-electron chi connectivity index (χ4n) is 2.63. The SMILES string of the molecule is CN1CCC(CNc2cccc(Cl)c2N(C)C)CC1. The third kappa shape index (κ3) is 3.77. The molecule has 0 saturated carbocycles. The highest BCUT2D eigenvalue weighted by Gasteiger charge is 2.17. The maximum absolute atomic E-state index is 6.28. The molecular formula is C15H24ClN3. The average molecular weight is 282 g/mol. The van der Waals surface area contributed by atoms with Gasteiger partial charge < -0.3 is 15.1 Å². The normalized spacial score (nSPS) is 17.5. The number of piperidine rings is 1. The molecule has 1 aromatic rings. The van der Waals surface area contributed by atoms with Crippen molar-refractivity contribution in [3.63, 3.8) is 0 Å². The molecule has 0 radical (unpaired) electrons. The van der Waals surface area contributed by atoms with E-state index in [1.165, 1.54) is 25.9 Å². The Bertz CT molecular complexity index is 412. The van der Waals surface area contributed by atoms with Crippen LogP contribution in [0.5, 0.6) is 0 Å². The summed E-state index contributed by atoms with van der Waals surface area (Å²) in [4.78, 5) is 4.47. The molecule has 1 N–H and O–H groups in total. The minimum absolute atomic E-state index is 0.769. The largest absolute Gasteiger partial charge is 0.383 e. The second kappa shape index (κ2) is 6.49. The average Bonchev–Trinajstić information content (AvgIpc) is 2.37. The molecular weight excluding hydrogens is 258 g/mol. The van der Waals surface area contributed by atoms with Crippen LogP contribution in [-0.4, -0.2) is 45.7 Å². The van der Waals surface area contributed by atoms with Gasteiger partial charge in [0.15, 0.2) is 0 Å². The number of rotatable bonds is 4.